The molecule has 0 saturated heterocycles. The van der Waals surface area contributed by atoms with Gasteiger partial charge in [-0.15, -0.1) is 0 Å². The molecule has 0 aliphatic rings. The molecule has 3 rings (SSSR count). The van der Waals surface area contributed by atoms with Gasteiger partial charge >= 0.3 is 0 Å². The number of aromatic nitrogens is 2. The maximum Gasteiger partial charge on any atom is 0.145 e. The van der Waals surface area contributed by atoms with Crippen molar-refractivity contribution in [1.82, 2.24) is 9.78 Å². The molecule has 2 N–H and O–H groups in total. The Bertz CT molecular complexity index is 659. The summed E-state index contributed by atoms with van der Waals surface area (Å²) >= 11 is 0. The molecule has 4 nitrogen and oxygen atoms in total. The van der Waals surface area contributed by atoms with Crippen molar-refractivity contribution >= 4 is 5.82 Å². The van der Waals surface area contributed by atoms with E-state index < -0.39 is 0 Å². The minimum Gasteiger partial charge on any atom is -0.457 e. The lowest BCUT2D eigenvalue weighted by molar-refractivity contribution is 0.482. The van der Waals surface area contributed by atoms with Crippen LogP contribution < -0.4 is 10.5 Å². The molecule has 1 aromatic heterocycles. The molecule has 4 heteroatoms. The zero-order chi connectivity index (χ0) is 13.1. The Hall–Kier alpha value is -2.75. The van der Waals surface area contributed by atoms with E-state index in [0.717, 1.165) is 17.2 Å². The smallest absolute Gasteiger partial charge is 0.145 e. The minimum absolute atomic E-state index is 0.504. The van der Waals surface area contributed by atoms with E-state index in [1.54, 1.807) is 10.7 Å². The molecule has 2 aromatic carbocycles. The first-order valence-electron chi connectivity index (χ1n) is 5.96. The standard InChI is InChI=1S/C15H13N3O/c16-15-10-11-18(17-15)12-6-8-14(9-7-12)19-13-4-2-1-3-5-13/h1-11H,(H2,16,17). The maximum atomic E-state index is 5.72. The first-order valence-corrected chi connectivity index (χ1v) is 5.96. The first kappa shape index (κ1) is 11.3. The van der Waals surface area contributed by atoms with Gasteiger partial charge in [-0.1, -0.05) is 18.2 Å². The molecule has 0 atom stereocenters. The summed E-state index contributed by atoms with van der Waals surface area (Å²) in [5.74, 6) is 2.11. The van der Waals surface area contributed by atoms with E-state index in [0.29, 0.717) is 5.82 Å². The predicted octanol–water partition coefficient (Wildman–Crippen LogP) is 3.25. The van der Waals surface area contributed by atoms with Crippen LogP contribution in [0.2, 0.25) is 0 Å². The predicted molar refractivity (Wildman–Crippen MR) is 74.5 cm³/mol. The van der Waals surface area contributed by atoms with Crippen LogP contribution in [0.5, 0.6) is 11.5 Å². The van der Waals surface area contributed by atoms with Gasteiger partial charge in [0.05, 0.1) is 5.69 Å². The van der Waals surface area contributed by atoms with Gasteiger partial charge in [-0.25, -0.2) is 4.68 Å². The van der Waals surface area contributed by atoms with Crippen molar-refractivity contribution in [3.05, 3.63) is 66.9 Å². The Morgan fingerprint density at radius 2 is 1.53 bits per heavy atom. The van der Waals surface area contributed by atoms with Crippen molar-refractivity contribution in [3.63, 3.8) is 0 Å². The largest absolute Gasteiger partial charge is 0.457 e. The molecule has 94 valence electrons. The lowest BCUT2D eigenvalue weighted by atomic mass is 10.3. The third-order valence-electron chi connectivity index (χ3n) is 2.69. The molecule has 0 fully saturated rings. The Kier molecular flexibility index (Phi) is 2.90. The molecule has 0 spiro atoms. The average Bonchev–Trinajstić information content (AvgIpc) is 2.87. The van der Waals surface area contributed by atoms with E-state index in [9.17, 15) is 0 Å². The van der Waals surface area contributed by atoms with Crippen LogP contribution in [0.1, 0.15) is 0 Å². The fourth-order valence-electron chi connectivity index (χ4n) is 1.77. The van der Waals surface area contributed by atoms with Crippen LogP contribution in [0, 0.1) is 0 Å². The van der Waals surface area contributed by atoms with Crippen LogP contribution in [0.4, 0.5) is 5.82 Å². The highest BCUT2D eigenvalue weighted by atomic mass is 16.5. The molecule has 1 heterocycles. The highest BCUT2D eigenvalue weighted by molar-refractivity contribution is 5.40. The molecular weight excluding hydrogens is 238 g/mol. The summed E-state index contributed by atoms with van der Waals surface area (Å²) in [6.07, 6.45) is 1.82. The number of para-hydroxylation sites is 1. The van der Waals surface area contributed by atoms with Gasteiger partial charge in [0.25, 0.3) is 0 Å². The second-order valence-electron chi connectivity index (χ2n) is 4.09. The van der Waals surface area contributed by atoms with E-state index in [4.69, 9.17) is 10.5 Å². The maximum absolute atomic E-state index is 5.72. The van der Waals surface area contributed by atoms with Gasteiger partial charge < -0.3 is 10.5 Å². The van der Waals surface area contributed by atoms with Crippen molar-refractivity contribution in [2.75, 3.05) is 5.73 Å². The summed E-state index contributed by atoms with van der Waals surface area (Å²) in [5, 5.41) is 4.15. The highest BCUT2D eigenvalue weighted by Gasteiger charge is 2.00. The number of anilines is 1. The zero-order valence-electron chi connectivity index (χ0n) is 10.2. The normalized spacial score (nSPS) is 10.3. The molecule has 0 unspecified atom stereocenters. The van der Waals surface area contributed by atoms with Gasteiger partial charge in [-0.3, -0.25) is 0 Å². The van der Waals surface area contributed by atoms with Crippen molar-refractivity contribution in [1.29, 1.82) is 0 Å². The number of nitrogens with zero attached hydrogens (tertiary/aromatic N) is 2. The summed E-state index contributed by atoms with van der Waals surface area (Å²) in [7, 11) is 0. The minimum atomic E-state index is 0.504. The summed E-state index contributed by atoms with van der Waals surface area (Å²) in [5.41, 5.74) is 6.53. The molecular formula is C15H13N3O. The van der Waals surface area contributed by atoms with Gasteiger partial charge in [0.1, 0.15) is 17.3 Å². The molecule has 0 saturated carbocycles. The number of nitrogens with two attached hydrogens (primary N) is 1. The first-order chi connectivity index (χ1) is 9.31. The fraction of sp³-hybridized carbons (Fsp3) is 0. The van der Waals surface area contributed by atoms with Gasteiger partial charge in [0.15, 0.2) is 0 Å². The molecule has 0 aliphatic carbocycles. The Labute approximate surface area is 111 Å². The second-order valence-corrected chi connectivity index (χ2v) is 4.09. The van der Waals surface area contributed by atoms with Crippen LogP contribution in [-0.2, 0) is 0 Å². The molecule has 0 amide bonds. The quantitative estimate of drug-likeness (QED) is 0.777. The molecule has 0 radical (unpaired) electrons. The van der Waals surface area contributed by atoms with Crippen LogP contribution in [-0.4, -0.2) is 9.78 Å². The number of nitrogen functional groups attached to an aromatic ring is 1. The third kappa shape index (κ3) is 2.57. The monoisotopic (exact) mass is 251 g/mol. The average molecular weight is 251 g/mol. The van der Waals surface area contributed by atoms with Crippen molar-refractivity contribution in [2.45, 2.75) is 0 Å². The summed E-state index contributed by atoms with van der Waals surface area (Å²) in [6.45, 7) is 0. The van der Waals surface area contributed by atoms with Gasteiger partial charge in [-0.05, 0) is 36.4 Å². The fourth-order valence-corrected chi connectivity index (χ4v) is 1.77. The Balaban J connectivity index is 1.79. The number of ether oxygens (including phenoxy) is 1. The van der Waals surface area contributed by atoms with Crippen LogP contribution in [0.15, 0.2) is 66.9 Å². The molecule has 19 heavy (non-hydrogen) atoms. The van der Waals surface area contributed by atoms with E-state index in [2.05, 4.69) is 5.10 Å². The molecule has 0 bridgehead atoms. The summed E-state index contributed by atoms with van der Waals surface area (Å²) in [6, 6.07) is 19.1. The van der Waals surface area contributed by atoms with Crippen LogP contribution in [0.3, 0.4) is 0 Å². The van der Waals surface area contributed by atoms with Crippen molar-refractivity contribution in [3.8, 4) is 17.2 Å². The number of hydrogen-bond donors (Lipinski definition) is 1. The van der Waals surface area contributed by atoms with E-state index in [-0.39, 0.29) is 0 Å². The lowest BCUT2D eigenvalue weighted by Crippen LogP contribution is -1.96. The molecule has 0 aliphatic heterocycles. The van der Waals surface area contributed by atoms with Crippen LogP contribution in [0.25, 0.3) is 5.69 Å². The van der Waals surface area contributed by atoms with Crippen LogP contribution >= 0.6 is 0 Å². The number of benzene rings is 2. The zero-order valence-corrected chi connectivity index (χ0v) is 10.2. The van der Waals surface area contributed by atoms with E-state index in [1.807, 2.05) is 60.8 Å². The number of hydrogen-bond acceptors (Lipinski definition) is 3. The summed E-state index contributed by atoms with van der Waals surface area (Å²) < 4.78 is 7.44. The van der Waals surface area contributed by atoms with Crippen molar-refractivity contribution < 1.29 is 4.74 Å². The van der Waals surface area contributed by atoms with E-state index in [1.165, 1.54) is 0 Å². The molecule has 3 aromatic rings. The second kappa shape index (κ2) is 4.86. The van der Waals surface area contributed by atoms with Crippen molar-refractivity contribution in [2.24, 2.45) is 0 Å². The number of rotatable bonds is 3. The van der Waals surface area contributed by atoms with E-state index >= 15 is 0 Å². The topological polar surface area (TPSA) is 53.1 Å². The Morgan fingerprint density at radius 1 is 0.842 bits per heavy atom. The highest BCUT2D eigenvalue weighted by Crippen LogP contribution is 2.22. The van der Waals surface area contributed by atoms with Gasteiger partial charge in [0, 0.05) is 12.3 Å². The third-order valence-corrected chi connectivity index (χ3v) is 2.69. The lowest BCUT2D eigenvalue weighted by Gasteiger charge is -2.06. The Morgan fingerprint density at radius 3 is 2.16 bits per heavy atom. The van der Waals surface area contributed by atoms with Gasteiger partial charge in [0.2, 0.25) is 0 Å². The SMILES string of the molecule is Nc1ccn(-c2ccc(Oc3ccccc3)cc2)n1. The van der Waals surface area contributed by atoms with Gasteiger partial charge in [-0.2, -0.15) is 5.10 Å². The summed E-state index contributed by atoms with van der Waals surface area (Å²) in [4.78, 5) is 0.